The largest absolute Gasteiger partial charge is 0.354 e. The van der Waals surface area contributed by atoms with Gasteiger partial charge in [0.15, 0.2) is 0 Å². The topological polar surface area (TPSA) is 86.8 Å². The molecule has 35 heavy (non-hydrogen) atoms. The Morgan fingerprint density at radius 2 is 1.60 bits per heavy atom. The van der Waals surface area contributed by atoms with Crippen LogP contribution in [0, 0.1) is 5.92 Å². The normalized spacial score (nSPS) is 12.3. The highest BCUT2D eigenvalue weighted by Crippen LogP contribution is 2.24. The van der Waals surface area contributed by atoms with E-state index >= 15 is 0 Å². The van der Waals surface area contributed by atoms with Crippen LogP contribution in [0.5, 0.6) is 0 Å². The van der Waals surface area contributed by atoms with E-state index in [4.69, 9.17) is 0 Å². The van der Waals surface area contributed by atoms with Crippen molar-refractivity contribution in [3.63, 3.8) is 0 Å². The van der Waals surface area contributed by atoms with Crippen molar-refractivity contribution in [2.75, 3.05) is 30.2 Å². The number of sulfonamides is 1. The second-order valence-corrected chi connectivity index (χ2v) is 11.0. The van der Waals surface area contributed by atoms with Gasteiger partial charge in [-0.1, -0.05) is 76.2 Å². The van der Waals surface area contributed by atoms with Crippen molar-refractivity contribution < 1.29 is 18.0 Å². The Kier molecular flexibility index (Phi) is 10.8. The van der Waals surface area contributed by atoms with E-state index in [9.17, 15) is 18.0 Å². The second-order valence-electron chi connectivity index (χ2n) is 9.14. The predicted octanol–water partition coefficient (Wildman–Crippen LogP) is 3.64. The Labute approximate surface area is 210 Å². The zero-order valence-corrected chi connectivity index (χ0v) is 22.3. The third-order valence-electron chi connectivity index (χ3n) is 5.88. The number of carbonyl (C=O) groups is 2. The Morgan fingerprint density at radius 1 is 0.971 bits per heavy atom. The molecule has 0 aliphatic carbocycles. The first-order chi connectivity index (χ1) is 16.6. The predicted molar refractivity (Wildman–Crippen MR) is 142 cm³/mol. The number of aryl methyl sites for hydroxylation is 1. The molecule has 192 valence electrons. The van der Waals surface area contributed by atoms with Gasteiger partial charge < -0.3 is 10.2 Å². The lowest BCUT2D eigenvalue weighted by atomic mass is 10.1. The summed E-state index contributed by atoms with van der Waals surface area (Å²) < 4.78 is 26.7. The van der Waals surface area contributed by atoms with Gasteiger partial charge in [0.2, 0.25) is 21.8 Å². The maximum absolute atomic E-state index is 13.7. The maximum Gasteiger partial charge on any atom is 0.244 e. The molecule has 0 saturated carbocycles. The summed E-state index contributed by atoms with van der Waals surface area (Å²) in [6.45, 7) is 8.28. The molecular formula is C27H39N3O4S. The zero-order chi connectivity index (χ0) is 26.0. The lowest BCUT2D eigenvalue weighted by Crippen LogP contribution is -2.53. The lowest BCUT2D eigenvalue weighted by molar-refractivity contribution is -0.139. The molecule has 0 fully saturated rings. The van der Waals surface area contributed by atoms with Crippen LogP contribution in [0.3, 0.4) is 0 Å². The van der Waals surface area contributed by atoms with E-state index in [1.54, 1.807) is 12.1 Å². The number of anilines is 1. The lowest BCUT2D eigenvalue weighted by Gasteiger charge is -2.33. The number of nitrogens with one attached hydrogen (secondary N) is 1. The summed E-state index contributed by atoms with van der Waals surface area (Å²) in [6.07, 6.45) is 2.72. The highest BCUT2D eigenvalue weighted by molar-refractivity contribution is 7.92. The van der Waals surface area contributed by atoms with E-state index in [1.165, 1.54) is 4.90 Å². The minimum atomic E-state index is -3.74. The molecular weight excluding hydrogens is 462 g/mol. The molecule has 1 N–H and O–H groups in total. The summed E-state index contributed by atoms with van der Waals surface area (Å²) in [5.74, 6) is -0.345. The van der Waals surface area contributed by atoms with Gasteiger partial charge in [0.25, 0.3) is 0 Å². The number of amides is 2. The first kappa shape index (κ1) is 28.4. The molecule has 1 unspecified atom stereocenters. The molecule has 2 rings (SSSR count). The van der Waals surface area contributed by atoms with E-state index in [-0.39, 0.29) is 18.4 Å². The Bertz CT molecular complexity index is 1070. The van der Waals surface area contributed by atoms with Crippen LogP contribution in [-0.4, -0.2) is 57.1 Å². The molecule has 2 aromatic carbocycles. The SMILES string of the molecule is CCc1ccccc1N(CC(=O)N(CCc1ccccc1)C(CC)C(=O)NCC(C)C)S(C)(=O)=O. The fraction of sp³-hybridized carbons (Fsp3) is 0.481. The quantitative estimate of drug-likeness (QED) is 0.454. The molecule has 2 aromatic rings. The van der Waals surface area contributed by atoms with Gasteiger partial charge in [0.05, 0.1) is 11.9 Å². The Hall–Kier alpha value is -2.87. The Balaban J connectivity index is 2.38. The molecule has 0 aromatic heterocycles. The van der Waals surface area contributed by atoms with E-state index in [2.05, 4.69) is 5.32 Å². The van der Waals surface area contributed by atoms with Gasteiger partial charge in [0.1, 0.15) is 12.6 Å². The van der Waals surface area contributed by atoms with Crippen molar-refractivity contribution in [1.29, 1.82) is 0 Å². The molecule has 0 aliphatic rings. The fourth-order valence-electron chi connectivity index (χ4n) is 3.97. The first-order valence-electron chi connectivity index (χ1n) is 12.2. The van der Waals surface area contributed by atoms with E-state index in [0.717, 1.165) is 21.7 Å². The van der Waals surface area contributed by atoms with Crippen molar-refractivity contribution in [3.05, 3.63) is 65.7 Å². The number of carbonyl (C=O) groups excluding carboxylic acids is 2. The smallest absolute Gasteiger partial charge is 0.244 e. The van der Waals surface area contributed by atoms with Gasteiger partial charge in [-0.3, -0.25) is 13.9 Å². The number of para-hydroxylation sites is 1. The average Bonchev–Trinajstić information content (AvgIpc) is 2.83. The summed E-state index contributed by atoms with van der Waals surface area (Å²) in [5, 5.41) is 2.94. The van der Waals surface area contributed by atoms with Crippen molar-refractivity contribution in [2.45, 2.75) is 53.0 Å². The highest BCUT2D eigenvalue weighted by Gasteiger charge is 2.31. The van der Waals surface area contributed by atoms with Gasteiger partial charge in [-0.2, -0.15) is 0 Å². The molecule has 7 nitrogen and oxygen atoms in total. The van der Waals surface area contributed by atoms with Crippen molar-refractivity contribution in [1.82, 2.24) is 10.2 Å². The zero-order valence-electron chi connectivity index (χ0n) is 21.5. The monoisotopic (exact) mass is 501 g/mol. The standard InChI is InChI=1S/C27H39N3O4S/c1-6-23-15-11-12-16-25(23)30(35(5,33)34)20-26(31)29(18-17-22-13-9-8-10-14-22)24(7-2)27(32)28-19-21(3)4/h8-16,21,24H,6-7,17-20H2,1-5H3,(H,28,32). The van der Waals surface area contributed by atoms with Gasteiger partial charge in [0, 0.05) is 13.1 Å². The molecule has 0 saturated heterocycles. The van der Waals surface area contributed by atoms with Gasteiger partial charge >= 0.3 is 0 Å². The highest BCUT2D eigenvalue weighted by atomic mass is 32.2. The fourth-order valence-corrected chi connectivity index (χ4v) is 4.85. The van der Waals surface area contributed by atoms with Crippen LogP contribution in [-0.2, 0) is 32.5 Å². The maximum atomic E-state index is 13.7. The minimum Gasteiger partial charge on any atom is -0.354 e. The molecule has 0 spiro atoms. The van der Waals surface area contributed by atoms with E-state index < -0.39 is 22.0 Å². The molecule has 0 aliphatic heterocycles. The van der Waals surface area contributed by atoms with Crippen molar-refractivity contribution in [2.24, 2.45) is 5.92 Å². The molecule has 0 radical (unpaired) electrons. The molecule has 0 bridgehead atoms. The summed E-state index contributed by atoms with van der Waals surface area (Å²) in [4.78, 5) is 28.3. The van der Waals surface area contributed by atoms with Crippen LogP contribution in [0.4, 0.5) is 5.69 Å². The third kappa shape index (κ3) is 8.38. The van der Waals surface area contributed by atoms with Gasteiger partial charge in [-0.15, -0.1) is 0 Å². The number of hydrogen-bond acceptors (Lipinski definition) is 4. The van der Waals surface area contributed by atoms with Gasteiger partial charge in [-0.25, -0.2) is 8.42 Å². The summed E-state index contributed by atoms with van der Waals surface area (Å²) in [6, 6.07) is 16.2. The second kappa shape index (κ2) is 13.3. The molecule has 8 heteroatoms. The van der Waals surface area contributed by atoms with Crippen LogP contribution in [0.25, 0.3) is 0 Å². The first-order valence-corrected chi connectivity index (χ1v) is 14.1. The van der Waals surface area contributed by atoms with E-state index in [1.807, 2.05) is 70.2 Å². The number of benzene rings is 2. The summed E-state index contributed by atoms with van der Waals surface area (Å²) in [7, 11) is -3.74. The number of nitrogens with zero attached hydrogens (tertiary/aromatic N) is 2. The van der Waals surface area contributed by atoms with Crippen LogP contribution in [0.2, 0.25) is 0 Å². The Morgan fingerprint density at radius 3 is 2.17 bits per heavy atom. The molecule has 1 atom stereocenters. The number of rotatable bonds is 13. The van der Waals surface area contributed by atoms with Crippen molar-refractivity contribution >= 4 is 27.5 Å². The van der Waals surface area contributed by atoms with Gasteiger partial charge in [-0.05, 0) is 42.4 Å². The third-order valence-corrected chi connectivity index (χ3v) is 7.00. The summed E-state index contributed by atoms with van der Waals surface area (Å²) >= 11 is 0. The number of hydrogen-bond donors (Lipinski definition) is 1. The summed E-state index contributed by atoms with van der Waals surface area (Å²) in [5.41, 5.74) is 2.37. The average molecular weight is 502 g/mol. The van der Waals surface area contributed by atoms with Crippen LogP contribution in [0.15, 0.2) is 54.6 Å². The minimum absolute atomic E-state index is 0.220. The van der Waals surface area contributed by atoms with Crippen LogP contribution in [0.1, 0.15) is 45.2 Å². The van der Waals surface area contributed by atoms with E-state index in [0.29, 0.717) is 38.0 Å². The van der Waals surface area contributed by atoms with Crippen molar-refractivity contribution in [3.8, 4) is 0 Å². The molecule has 0 heterocycles. The van der Waals surface area contributed by atoms with Crippen LogP contribution >= 0.6 is 0 Å². The van der Waals surface area contributed by atoms with Crippen LogP contribution < -0.4 is 9.62 Å². The molecule has 2 amide bonds.